The van der Waals surface area contributed by atoms with Crippen LogP contribution in [0.5, 0.6) is 0 Å². The molecule has 0 saturated carbocycles. The summed E-state index contributed by atoms with van der Waals surface area (Å²) in [5, 5.41) is 31.5. The molecule has 11 amide bonds. The van der Waals surface area contributed by atoms with Crippen LogP contribution in [0, 0.1) is 23.7 Å². The molecule has 3 aromatic rings. The number of urea groups is 1. The van der Waals surface area contributed by atoms with Gasteiger partial charge in [-0.3, -0.25) is 38.4 Å². The number of nitrogens with one attached hydrogen (secondary N) is 8. The average molecular weight is 1400 g/mol. The molecule has 11 atom stereocenters. The second-order valence-electron chi connectivity index (χ2n) is 25.3. The average Bonchev–Trinajstić information content (AvgIpc) is 1.49. The number of thiazole rings is 1. The molecule has 1 aliphatic heterocycles. The number of ether oxygens (including phenoxy) is 3. The van der Waals surface area contributed by atoms with Crippen LogP contribution in [-0.2, 0) is 70.4 Å². The van der Waals surface area contributed by atoms with Gasteiger partial charge in [-0.25, -0.2) is 19.4 Å². The van der Waals surface area contributed by atoms with Gasteiger partial charge < -0.3 is 83.1 Å². The summed E-state index contributed by atoms with van der Waals surface area (Å²) in [6.07, 6.45) is -2.88. The number of alkyl halides is 3. The van der Waals surface area contributed by atoms with Crippen LogP contribution in [-0.4, -0.2) is 186 Å². The van der Waals surface area contributed by atoms with E-state index in [2.05, 4.69) is 47.5 Å². The number of carboxylic acids is 1. The van der Waals surface area contributed by atoms with Gasteiger partial charge in [-0.1, -0.05) is 97.4 Å². The van der Waals surface area contributed by atoms with Crippen molar-refractivity contribution in [2.75, 3.05) is 46.2 Å². The van der Waals surface area contributed by atoms with Gasteiger partial charge in [0.2, 0.25) is 47.3 Å². The number of anilines is 1. The van der Waals surface area contributed by atoms with Gasteiger partial charge in [0.25, 0.3) is 0 Å². The lowest BCUT2D eigenvalue weighted by Gasteiger charge is -2.41. The summed E-state index contributed by atoms with van der Waals surface area (Å²) in [4.78, 5) is 151. The van der Waals surface area contributed by atoms with E-state index < -0.39 is 131 Å². The predicted octanol–water partition coefficient (Wildman–Crippen LogP) is 4.81. The van der Waals surface area contributed by atoms with Crippen LogP contribution >= 0.6 is 11.3 Å². The van der Waals surface area contributed by atoms with Gasteiger partial charge in [-0.2, -0.15) is 13.2 Å². The highest BCUT2D eigenvalue weighted by Crippen LogP contribution is 2.31. The fourth-order valence-corrected chi connectivity index (χ4v) is 11.7. The van der Waals surface area contributed by atoms with Gasteiger partial charge in [0.1, 0.15) is 41.3 Å². The molecule has 28 nitrogen and oxygen atoms in total. The highest BCUT2D eigenvalue weighted by atomic mass is 32.1. The van der Waals surface area contributed by atoms with Crippen molar-refractivity contribution in [2.24, 2.45) is 35.1 Å². The molecule has 0 aliphatic carbocycles. The Morgan fingerprint density at radius 2 is 1.42 bits per heavy atom. The molecule has 0 bridgehead atoms. The number of halogens is 3. The minimum Gasteiger partial charge on any atom is -0.475 e. The number of primary amides is 1. The van der Waals surface area contributed by atoms with E-state index in [1.807, 2.05) is 56.5 Å². The number of hydrogen-bond donors (Lipinski definition) is 11. The monoisotopic (exact) mass is 1400 g/mol. The van der Waals surface area contributed by atoms with Crippen molar-refractivity contribution in [3.05, 3.63) is 82.3 Å². The predicted molar refractivity (Wildman–Crippen MR) is 359 cm³/mol. The third kappa shape index (κ3) is 26.7. The molecule has 13 N–H and O–H groups in total. The van der Waals surface area contributed by atoms with Gasteiger partial charge in [0.15, 0.2) is 0 Å². The van der Waals surface area contributed by atoms with Crippen molar-refractivity contribution < 1.29 is 85.2 Å². The number of carboxylic acid groups (broad SMARTS) is 1. The van der Waals surface area contributed by atoms with Crippen LogP contribution in [0.1, 0.15) is 136 Å². The number of methoxy groups -OCH3 is 2. The Balaban J connectivity index is 0.00000337. The van der Waals surface area contributed by atoms with Crippen LogP contribution in [0.25, 0.3) is 0 Å². The van der Waals surface area contributed by atoms with E-state index in [0.717, 1.165) is 10.6 Å². The van der Waals surface area contributed by atoms with E-state index in [-0.39, 0.29) is 69.2 Å². The standard InChI is InChI=1S/C64H99N13O13S.C2HF3O2/c1-14-39(6)53(49(88-12)35-50(79)77-32-19-23-48(77)54(89-13)40(7)55(80)72-47(59-67-31-33-91-59)34-42-20-16-15-17-21-42)76(11)60(84)52(38(4)5)74-61(85)64(9,10)75-63(87)90-36-43-24-26-44(27-25-43)70-56(81)45(22-18-30-68-62(66)86)71-58(83)51(37(2)3)73-57(82)46(28-29-65)69-41(8)78;3-2(4,5)1(6)7/h15-17,20-21,24-27,31,33,37-40,45-49,51-54H,14,18-19,22-23,28-30,32,34-36,65H2,1-13H3,(H,69,78)(H,70,81)(H,71,83)(H,72,80)(H,73,82)(H,74,85)(H,75,87)(H3,66,68,86);(H,6,7)/t39-,40+,45-,46-,47-,48-,49+,51-,52-,53-,54+;/m0./s1. The number of carbonyl (C=O) groups excluding carboxylic acids is 10. The summed E-state index contributed by atoms with van der Waals surface area (Å²) in [6, 6.07) is 9.67. The number of likely N-dealkylation sites (tertiary alicyclic amines) is 1. The van der Waals surface area contributed by atoms with Crippen LogP contribution in [0.4, 0.5) is 28.4 Å². The van der Waals surface area contributed by atoms with Crippen molar-refractivity contribution in [1.29, 1.82) is 0 Å². The quantitative estimate of drug-likeness (QED) is 0.0348. The number of carbonyl (C=O) groups is 11. The largest absolute Gasteiger partial charge is 0.490 e. The number of rotatable bonds is 36. The fourth-order valence-electron chi connectivity index (χ4n) is 11.0. The molecule has 4 rings (SSSR count). The zero-order chi connectivity index (χ0) is 73.8. The van der Waals surface area contributed by atoms with E-state index in [1.165, 1.54) is 39.2 Å². The van der Waals surface area contributed by atoms with Gasteiger partial charge >= 0.3 is 24.3 Å². The molecular formula is C66H100F3N13O15S. The third-order valence-corrected chi connectivity index (χ3v) is 17.5. The Hall–Kier alpha value is -8.49. The van der Waals surface area contributed by atoms with Crippen molar-refractivity contribution >= 4 is 82.4 Å². The minimum atomic E-state index is -5.08. The summed E-state index contributed by atoms with van der Waals surface area (Å²) in [7, 11) is 4.69. The van der Waals surface area contributed by atoms with E-state index in [0.29, 0.717) is 43.5 Å². The maximum atomic E-state index is 14.7. The molecular weight excluding hydrogens is 1300 g/mol. The SMILES string of the molecule is CC[C@H](C)[C@@H]([C@@H](CC(=O)N1CCC[C@H]1[C@H](OC)[C@@H](C)C(=O)N[C@@H](Cc1ccccc1)c1nccs1)OC)N(C)C(=O)[C@@H](NC(=O)C(C)(C)NC(=O)OCc1ccc(NC(=O)[C@H](CCCNC(N)=O)NC(=O)[C@@H](NC(=O)[C@H](CCN)NC(C)=O)C(C)C)cc1)C(C)C.O=C(O)C(F)(F)F. The lowest BCUT2D eigenvalue weighted by Crippen LogP contribution is -2.62. The first-order chi connectivity index (χ1) is 46.0. The number of hydrogen-bond acceptors (Lipinski definition) is 17. The molecule has 1 saturated heterocycles. The molecule has 1 fully saturated rings. The van der Waals surface area contributed by atoms with Gasteiger partial charge in [-0.15, -0.1) is 11.3 Å². The van der Waals surface area contributed by atoms with Crippen molar-refractivity contribution in [2.45, 2.75) is 193 Å². The molecule has 546 valence electrons. The van der Waals surface area contributed by atoms with Crippen LogP contribution in [0.2, 0.25) is 0 Å². The Labute approximate surface area is 574 Å². The van der Waals surface area contributed by atoms with Crippen LogP contribution in [0.3, 0.4) is 0 Å². The maximum absolute atomic E-state index is 14.7. The summed E-state index contributed by atoms with van der Waals surface area (Å²) in [5.74, 6) is -8.33. The van der Waals surface area contributed by atoms with Crippen molar-refractivity contribution in [3.8, 4) is 0 Å². The van der Waals surface area contributed by atoms with Crippen LogP contribution in [0.15, 0.2) is 66.2 Å². The number of aliphatic carboxylic acids is 1. The van der Waals surface area contributed by atoms with Crippen LogP contribution < -0.4 is 54.0 Å². The first-order valence-electron chi connectivity index (χ1n) is 32.4. The molecule has 1 aliphatic rings. The molecule has 0 unspecified atom stereocenters. The second kappa shape index (κ2) is 40.4. The first kappa shape index (κ1) is 83.7. The molecule has 1 aromatic heterocycles. The number of nitrogens with two attached hydrogens (primary N) is 2. The minimum absolute atomic E-state index is 0.0609. The zero-order valence-electron chi connectivity index (χ0n) is 58.0. The highest BCUT2D eigenvalue weighted by molar-refractivity contribution is 7.09. The van der Waals surface area contributed by atoms with Crippen molar-refractivity contribution in [3.63, 3.8) is 0 Å². The molecule has 2 heterocycles. The van der Waals surface area contributed by atoms with E-state index in [9.17, 15) is 61.1 Å². The third-order valence-electron chi connectivity index (χ3n) is 16.6. The normalized spacial score (nSPS) is 16.1. The Morgan fingerprint density at radius 1 is 0.796 bits per heavy atom. The Bertz CT molecular complexity index is 3090. The lowest BCUT2D eigenvalue weighted by molar-refractivity contribution is -0.192. The number of alkyl carbamates (subject to hydrolysis) is 1. The Kier molecular flexibility index (Phi) is 34.5. The van der Waals surface area contributed by atoms with E-state index >= 15 is 0 Å². The Morgan fingerprint density at radius 3 is 1.95 bits per heavy atom. The molecule has 0 spiro atoms. The van der Waals surface area contributed by atoms with Gasteiger partial charge in [0, 0.05) is 58.5 Å². The number of aromatic nitrogens is 1. The zero-order valence-corrected chi connectivity index (χ0v) is 58.9. The maximum Gasteiger partial charge on any atom is 0.490 e. The fraction of sp³-hybridized carbons (Fsp3) is 0.606. The molecule has 2 aromatic carbocycles. The van der Waals surface area contributed by atoms with E-state index in [1.54, 1.807) is 82.1 Å². The van der Waals surface area contributed by atoms with E-state index in [4.69, 9.17) is 35.6 Å². The lowest BCUT2D eigenvalue weighted by atomic mass is 9.89. The highest BCUT2D eigenvalue weighted by Gasteiger charge is 2.44. The summed E-state index contributed by atoms with van der Waals surface area (Å²) >= 11 is 1.47. The van der Waals surface area contributed by atoms with Crippen molar-refractivity contribution in [1.82, 2.24) is 52.0 Å². The first-order valence-corrected chi connectivity index (χ1v) is 33.3. The summed E-state index contributed by atoms with van der Waals surface area (Å²) in [6.45, 7) is 17.3. The number of amides is 11. The number of benzene rings is 2. The van der Waals surface area contributed by atoms with Gasteiger partial charge in [-0.05, 0) is 99.9 Å². The second-order valence-corrected chi connectivity index (χ2v) is 26.2. The summed E-state index contributed by atoms with van der Waals surface area (Å²) in [5.41, 5.74) is 11.2. The number of likely N-dealkylation sites (N-methyl/N-ethyl adjacent to an activating group) is 1. The van der Waals surface area contributed by atoms with Gasteiger partial charge in [0.05, 0.1) is 42.7 Å². The molecule has 32 heteroatoms. The number of nitrogens with zero attached hydrogens (tertiary/aromatic N) is 3. The molecule has 98 heavy (non-hydrogen) atoms. The topological polar surface area (TPSA) is 403 Å². The smallest absolute Gasteiger partial charge is 0.475 e. The summed E-state index contributed by atoms with van der Waals surface area (Å²) < 4.78 is 49.4. The molecule has 0 radical (unpaired) electrons.